The Morgan fingerprint density at radius 3 is 2.50 bits per heavy atom. The van der Waals surface area contributed by atoms with Gasteiger partial charge in [-0.1, -0.05) is 6.08 Å². The molecule has 0 unspecified atom stereocenters. The number of hydrogen-bond acceptors (Lipinski definition) is 2. The van der Waals surface area contributed by atoms with E-state index in [4.69, 9.17) is 0 Å². The van der Waals surface area contributed by atoms with Crippen LogP contribution >= 0.6 is 17.0 Å². The van der Waals surface area contributed by atoms with Gasteiger partial charge in [0.15, 0.2) is 0 Å². The molecule has 1 aliphatic heterocycles. The molecular weight excluding hydrogens is 192 g/mol. The first-order valence-corrected chi connectivity index (χ1v) is 3.10. The Bertz CT molecular complexity index is 143. The zero-order chi connectivity index (χ0) is 6.69. The monoisotopic (exact) mass is 204 g/mol. The fourth-order valence-electron chi connectivity index (χ4n) is 0.840. The van der Waals surface area contributed by atoms with Crippen LogP contribution in [0.25, 0.3) is 0 Å². The molecule has 0 spiro atoms. The van der Waals surface area contributed by atoms with Gasteiger partial charge in [-0.3, -0.25) is 0 Å². The predicted octanol–water partition coefficient (Wildman–Crippen LogP) is 1.77. The first kappa shape index (κ1) is 9.56. The highest BCUT2D eigenvalue weighted by molar-refractivity contribution is 8.93. The van der Waals surface area contributed by atoms with Crippen molar-refractivity contribution in [1.82, 2.24) is 9.80 Å². The van der Waals surface area contributed by atoms with Crippen molar-refractivity contribution in [2.45, 2.75) is 6.92 Å². The highest BCUT2D eigenvalue weighted by Gasteiger charge is 2.02. The average molecular weight is 205 g/mol. The second kappa shape index (κ2) is 4.39. The van der Waals surface area contributed by atoms with E-state index < -0.39 is 0 Å². The molecule has 0 saturated heterocycles. The molecule has 1 aliphatic rings. The Hall–Kier alpha value is -0.440. The van der Waals surface area contributed by atoms with Crippen molar-refractivity contribution in [1.29, 1.82) is 0 Å². The van der Waals surface area contributed by atoms with E-state index in [0.717, 1.165) is 6.67 Å². The summed E-state index contributed by atoms with van der Waals surface area (Å²) in [7, 11) is 2.06. The van der Waals surface area contributed by atoms with E-state index in [2.05, 4.69) is 35.4 Å². The van der Waals surface area contributed by atoms with Crippen molar-refractivity contribution < 1.29 is 0 Å². The van der Waals surface area contributed by atoms with Crippen molar-refractivity contribution in [2.75, 3.05) is 13.7 Å². The molecule has 0 amide bonds. The Kier molecular flexibility index (Phi) is 4.19. The van der Waals surface area contributed by atoms with Gasteiger partial charge in [-0.2, -0.15) is 0 Å². The zero-order valence-corrected chi connectivity index (χ0v) is 8.03. The maximum Gasteiger partial charge on any atom is 0.0932 e. The number of halogens is 1. The Balaban J connectivity index is 0.000000810. The largest absolute Gasteiger partial charge is 0.361 e. The van der Waals surface area contributed by atoms with Crippen LogP contribution in [0.3, 0.4) is 0 Å². The molecule has 1 heterocycles. The Labute approximate surface area is 72.6 Å². The second-order valence-electron chi connectivity index (χ2n) is 2.19. The van der Waals surface area contributed by atoms with Gasteiger partial charge < -0.3 is 9.80 Å². The van der Waals surface area contributed by atoms with Gasteiger partial charge in [-0.25, -0.2) is 0 Å². The van der Waals surface area contributed by atoms with Gasteiger partial charge in [0.1, 0.15) is 0 Å². The standard InChI is InChI=1S/C7H12N2.BrH/c1-3-4-9-6-5-8(2)7-9;/h3-6H,7H2,1-2H3;1H. The van der Waals surface area contributed by atoms with Gasteiger partial charge in [0, 0.05) is 25.6 Å². The molecule has 3 heteroatoms. The van der Waals surface area contributed by atoms with Crippen molar-refractivity contribution in [2.24, 2.45) is 0 Å². The number of nitrogens with zero attached hydrogens (tertiary/aromatic N) is 2. The first-order valence-electron chi connectivity index (χ1n) is 3.10. The SMILES string of the molecule is Br.CC=CN1C=CN(C)C1. The molecule has 0 aliphatic carbocycles. The van der Waals surface area contributed by atoms with E-state index in [1.165, 1.54) is 0 Å². The number of rotatable bonds is 1. The lowest BCUT2D eigenvalue weighted by molar-refractivity contribution is 0.364. The van der Waals surface area contributed by atoms with Gasteiger partial charge in [-0.05, 0) is 6.92 Å². The van der Waals surface area contributed by atoms with Crippen LogP contribution in [0.4, 0.5) is 0 Å². The quantitative estimate of drug-likeness (QED) is 0.643. The molecule has 1 rings (SSSR count). The lowest BCUT2D eigenvalue weighted by Gasteiger charge is -2.12. The van der Waals surface area contributed by atoms with Crippen molar-refractivity contribution in [3.05, 3.63) is 24.7 Å². The summed E-state index contributed by atoms with van der Waals surface area (Å²) >= 11 is 0. The van der Waals surface area contributed by atoms with Crippen LogP contribution in [0.15, 0.2) is 24.7 Å². The van der Waals surface area contributed by atoms with Crippen molar-refractivity contribution in [3.63, 3.8) is 0 Å². The van der Waals surface area contributed by atoms with Crippen LogP contribution in [0.5, 0.6) is 0 Å². The van der Waals surface area contributed by atoms with Crippen LogP contribution in [-0.2, 0) is 0 Å². The summed E-state index contributed by atoms with van der Waals surface area (Å²) < 4.78 is 0. The molecule has 0 aromatic carbocycles. The maximum atomic E-state index is 2.12. The Morgan fingerprint density at radius 2 is 2.10 bits per heavy atom. The molecule has 2 nitrogen and oxygen atoms in total. The molecule has 10 heavy (non-hydrogen) atoms. The van der Waals surface area contributed by atoms with Crippen LogP contribution in [0, 0.1) is 0 Å². The predicted molar refractivity (Wildman–Crippen MR) is 48.7 cm³/mol. The Morgan fingerprint density at radius 1 is 1.40 bits per heavy atom. The summed E-state index contributed by atoms with van der Waals surface area (Å²) in [5.74, 6) is 0. The second-order valence-corrected chi connectivity index (χ2v) is 2.19. The molecule has 0 N–H and O–H groups in total. The third kappa shape index (κ3) is 2.43. The fraction of sp³-hybridized carbons (Fsp3) is 0.429. The minimum absolute atomic E-state index is 0. The third-order valence-electron chi connectivity index (χ3n) is 1.24. The molecule has 0 aromatic heterocycles. The van der Waals surface area contributed by atoms with Gasteiger partial charge in [-0.15, -0.1) is 17.0 Å². The average Bonchev–Trinajstić information content (AvgIpc) is 2.17. The molecule has 0 saturated carbocycles. The normalized spacial score (nSPS) is 16.6. The molecule has 58 valence electrons. The van der Waals surface area contributed by atoms with E-state index in [-0.39, 0.29) is 17.0 Å². The minimum atomic E-state index is 0. The van der Waals surface area contributed by atoms with Gasteiger partial charge in [0.25, 0.3) is 0 Å². The summed E-state index contributed by atoms with van der Waals surface area (Å²) in [5.41, 5.74) is 0. The maximum absolute atomic E-state index is 2.12. The van der Waals surface area contributed by atoms with E-state index >= 15 is 0 Å². The number of hydrogen-bond donors (Lipinski definition) is 0. The molecule has 0 bridgehead atoms. The van der Waals surface area contributed by atoms with Crippen molar-refractivity contribution >= 4 is 17.0 Å². The highest BCUT2D eigenvalue weighted by atomic mass is 79.9. The smallest absolute Gasteiger partial charge is 0.0932 e. The topological polar surface area (TPSA) is 6.48 Å². The summed E-state index contributed by atoms with van der Waals surface area (Å²) in [5, 5.41) is 0. The van der Waals surface area contributed by atoms with Crippen LogP contribution in [-0.4, -0.2) is 23.5 Å². The molecule has 0 aromatic rings. The molecule has 0 fully saturated rings. The van der Waals surface area contributed by atoms with Gasteiger partial charge in [0.2, 0.25) is 0 Å². The van der Waals surface area contributed by atoms with E-state index in [1.54, 1.807) is 0 Å². The first-order chi connectivity index (χ1) is 4.33. The molecular formula is C7H13BrN2. The zero-order valence-electron chi connectivity index (χ0n) is 6.32. The number of allylic oxidation sites excluding steroid dienone is 1. The van der Waals surface area contributed by atoms with Crippen LogP contribution < -0.4 is 0 Å². The van der Waals surface area contributed by atoms with E-state index in [0.29, 0.717) is 0 Å². The van der Waals surface area contributed by atoms with Gasteiger partial charge >= 0.3 is 0 Å². The minimum Gasteiger partial charge on any atom is -0.361 e. The summed E-state index contributed by atoms with van der Waals surface area (Å²) in [6.07, 6.45) is 8.20. The lowest BCUT2D eigenvalue weighted by Crippen LogP contribution is -2.17. The van der Waals surface area contributed by atoms with Crippen molar-refractivity contribution in [3.8, 4) is 0 Å². The fourth-order valence-corrected chi connectivity index (χ4v) is 0.840. The summed E-state index contributed by atoms with van der Waals surface area (Å²) in [6.45, 7) is 3.00. The molecule has 0 atom stereocenters. The summed E-state index contributed by atoms with van der Waals surface area (Å²) in [4.78, 5) is 4.25. The van der Waals surface area contributed by atoms with Crippen LogP contribution in [0.2, 0.25) is 0 Å². The highest BCUT2D eigenvalue weighted by Crippen LogP contribution is 2.02. The van der Waals surface area contributed by atoms with E-state index in [1.807, 2.05) is 13.0 Å². The lowest BCUT2D eigenvalue weighted by atomic mass is 10.6. The van der Waals surface area contributed by atoms with Gasteiger partial charge in [0.05, 0.1) is 6.67 Å². The van der Waals surface area contributed by atoms with Crippen LogP contribution in [0.1, 0.15) is 6.92 Å². The third-order valence-corrected chi connectivity index (χ3v) is 1.24. The van der Waals surface area contributed by atoms with E-state index in [9.17, 15) is 0 Å². The molecule has 0 radical (unpaired) electrons. The summed E-state index contributed by atoms with van der Waals surface area (Å²) in [6, 6.07) is 0.